The summed E-state index contributed by atoms with van der Waals surface area (Å²) in [7, 11) is 0. The van der Waals surface area contributed by atoms with Crippen molar-refractivity contribution in [3.63, 3.8) is 0 Å². The molecule has 0 aliphatic heterocycles. The first-order chi connectivity index (χ1) is 3.41. The molecular weight excluding hydrogens is 90.1 g/mol. The Balaban J connectivity index is 2.45. The van der Waals surface area contributed by atoms with Crippen molar-refractivity contribution in [2.45, 2.75) is 6.92 Å². The highest BCUT2D eigenvalue weighted by Crippen LogP contribution is 1.51. The normalized spacial score (nSPS) is 9.43. The van der Waals surface area contributed by atoms with Crippen LogP contribution in [0.2, 0.25) is 0 Å². The van der Waals surface area contributed by atoms with Crippen LogP contribution in [0.1, 0.15) is 6.92 Å². The van der Waals surface area contributed by atoms with E-state index in [4.69, 9.17) is 5.84 Å². The molecule has 0 heterocycles. The Kier molecular flexibility index (Phi) is 5.78. The van der Waals surface area contributed by atoms with E-state index in [9.17, 15) is 0 Å². The van der Waals surface area contributed by atoms with E-state index >= 15 is 0 Å². The summed E-state index contributed by atoms with van der Waals surface area (Å²) in [5.74, 6) is 4.98. The van der Waals surface area contributed by atoms with Crippen LogP contribution < -0.4 is 16.6 Å². The summed E-state index contributed by atoms with van der Waals surface area (Å²) in [4.78, 5) is 0. The van der Waals surface area contributed by atoms with Crippen LogP contribution in [0.5, 0.6) is 0 Å². The number of likely N-dealkylation sites (N-methyl/N-ethyl adjacent to an activating group) is 1. The van der Waals surface area contributed by atoms with Crippen molar-refractivity contribution in [1.29, 1.82) is 0 Å². The summed E-state index contributed by atoms with van der Waals surface area (Å²) >= 11 is 0. The summed E-state index contributed by atoms with van der Waals surface area (Å²) in [6.45, 7) is 4.87. The molecule has 0 aliphatic carbocycles. The van der Waals surface area contributed by atoms with Crippen LogP contribution in [0.15, 0.2) is 0 Å². The Morgan fingerprint density at radius 3 is 2.57 bits per heavy atom. The zero-order chi connectivity index (χ0) is 5.54. The molecular formula is C4H13N3. The highest BCUT2D eigenvalue weighted by molar-refractivity contribution is 4.41. The third kappa shape index (κ3) is 5.88. The van der Waals surface area contributed by atoms with Crippen LogP contribution in [0.25, 0.3) is 0 Å². The van der Waals surface area contributed by atoms with E-state index in [0.717, 1.165) is 19.6 Å². The fourth-order valence-electron chi connectivity index (χ4n) is 0.337. The average molecular weight is 103 g/mol. The minimum Gasteiger partial charge on any atom is -0.316 e. The van der Waals surface area contributed by atoms with Gasteiger partial charge >= 0.3 is 0 Å². The Hall–Kier alpha value is -0.120. The molecule has 0 bridgehead atoms. The molecule has 44 valence electrons. The van der Waals surface area contributed by atoms with Gasteiger partial charge in [0.2, 0.25) is 0 Å². The molecule has 0 aliphatic rings. The fourth-order valence-corrected chi connectivity index (χ4v) is 0.337. The summed E-state index contributed by atoms with van der Waals surface area (Å²) in [6, 6.07) is 0. The minimum atomic E-state index is 0.841. The summed E-state index contributed by atoms with van der Waals surface area (Å²) in [5.41, 5.74) is 2.54. The molecule has 3 nitrogen and oxygen atoms in total. The van der Waals surface area contributed by atoms with E-state index in [-0.39, 0.29) is 0 Å². The first-order valence-electron chi connectivity index (χ1n) is 2.56. The van der Waals surface area contributed by atoms with Gasteiger partial charge in [0.15, 0.2) is 0 Å². The van der Waals surface area contributed by atoms with E-state index in [1.54, 1.807) is 0 Å². The van der Waals surface area contributed by atoms with Crippen molar-refractivity contribution in [2.24, 2.45) is 5.84 Å². The lowest BCUT2D eigenvalue weighted by Crippen LogP contribution is -2.31. The van der Waals surface area contributed by atoms with E-state index < -0.39 is 0 Å². The third-order valence-electron chi connectivity index (χ3n) is 0.696. The monoisotopic (exact) mass is 103 g/mol. The van der Waals surface area contributed by atoms with E-state index in [1.807, 2.05) is 0 Å². The van der Waals surface area contributed by atoms with Crippen molar-refractivity contribution in [3.05, 3.63) is 0 Å². The molecule has 0 aromatic carbocycles. The molecule has 0 spiro atoms. The van der Waals surface area contributed by atoms with Gasteiger partial charge in [-0.15, -0.1) is 0 Å². The molecule has 3 heteroatoms. The molecule has 7 heavy (non-hydrogen) atoms. The van der Waals surface area contributed by atoms with Crippen molar-refractivity contribution < 1.29 is 0 Å². The molecule has 0 aromatic heterocycles. The Labute approximate surface area is 44.2 Å². The van der Waals surface area contributed by atoms with Gasteiger partial charge in [-0.05, 0) is 6.54 Å². The zero-order valence-corrected chi connectivity index (χ0v) is 4.70. The number of hydrogen-bond donors (Lipinski definition) is 3. The minimum absolute atomic E-state index is 0.841. The second-order valence-corrected chi connectivity index (χ2v) is 1.31. The maximum Gasteiger partial charge on any atom is 0.0223 e. The van der Waals surface area contributed by atoms with Gasteiger partial charge in [-0.2, -0.15) is 0 Å². The Morgan fingerprint density at radius 1 is 1.43 bits per heavy atom. The lowest BCUT2D eigenvalue weighted by atomic mass is 10.6. The van der Waals surface area contributed by atoms with Gasteiger partial charge in [0.25, 0.3) is 0 Å². The first-order valence-corrected chi connectivity index (χ1v) is 2.56. The third-order valence-corrected chi connectivity index (χ3v) is 0.696. The largest absolute Gasteiger partial charge is 0.316 e. The van der Waals surface area contributed by atoms with E-state index in [1.165, 1.54) is 0 Å². The molecule has 0 radical (unpaired) electrons. The molecule has 0 fully saturated rings. The van der Waals surface area contributed by atoms with Gasteiger partial charge in [0, 0.05) is 13.1 Å². The fraction of sp³-hybridized carbons (Fsp3) is 1.00. The number of rotatable bonds is 4. The summed E-state index contributed by atoms with van der Waals surface area (Å²) < 4.78 is 0. The number of nitrogens with one attached hydrogen (secondary N) is 2. The predicted octanol–water partition coefficient (Wildman–Crippen LogP) is -0.941. The van der Waals surface area contributed by atoms with Crippen LogP contribution in [0.4, 0.5) is 0 Å². The van der Waals surface area contributed by atoms with Crippen molar-refractivity contribution in [1.82, 2.24) is 10.7 Å². The van der Waals surface area contributed by atoms with E-state index in [2.05, 4.69) is 17.7 Å². The summed E-state index contributed by atoms with van der Waals surface area (Å²) in [6.07, 6.45) is 0. The molecule has 0 saturated carbocycles. The maximum atomic E-state index is 4.98. The summed E-state index contributed by atoms with van der Waals surface area (Å²) in [5, 5.41) is 3.11. The molecule has 0 rings (SSSR count). The van der Waals surface area contributed by atoms with Gasteiger partial charge in [-0.1, -0.05) is 6.92 Å². The molecule has 0 saturated heterocycles. The molecule has 4 N–H and O–H groups in total. The maximum absolute atomic E-state index is 4.98. The highest BCUT2D eigenvalue weighted by atomic mass is 15.2. The van der Waals surface area contributed by atoms with Gasteiger partial charge in [-0.3, -0.25) is 11.3 Å². The number of nitrogens with two attached hydrogens (primary N) is 1. The van der Waals surface area contributed by atoms with Crippen LogP contribution in [0.3, 0.4) is 0 Å². The standard InChI is InChI=1S/C4H13N3/c1-2-6-3-4-7-5/h6-7H,2-5H2,1H3. The molecule has 0 unspecified atom stereocenters. The van der Waals surface area contributed by atoms with Gasteiger partial charge < -0.3 is 5.32 Å². The van der Waals surface area contributed by atoms with Gasteiger partial charge in [0.05, 0.1) is 0 Å². The van der Waals surface area contributed by atoms with E-state index in [0.29, 0.717) is 0 Å². The Bertz CT molecular complexity index is 26.1. The number of hydrazine groups is 1. The number of hydrogen-bond acceptors (Lipinski definition) is 3. The SMILES string of the molecule is CCNCCNN. The lowest BCUT2D eigenvalue weighted by molar-refractivity contribution is 0.645. The molecule has 0 atom stereocenters. The highest BCUT2D eigenvalue weighted by Gasteiger charge is 1.75. The van der Waals surface area contributed by atoms with Crippen molar-refractivity contribution in [2.75, 3.05) is 19.6 Å². The second-order valence-electron chi connectivity index (χ2n) is 1.31. The lowest BCUT2D eigenvalue weighted by Gasteiger charge is -1.96. The van der Waals surface area contributed by atoms with Crippen LogP contribution in [0, 0.1) is 0 Å². The quantitative estimate of drug-likeness (QED) is 0.244. The Morgan fingerprint density at radius 2 is 2.14 bits per heavy atom. The first kappa shape index (κ1) is 6.88. The topological polar surface area (TPSA) is 50.1 Å². The average Bonchev–Trinajstić information content (AvgIpc) is 1.69. The van der Waals surface area contributed by atoms with Crippen LogP contribution >= 0.6 is 0 Å². The zero-order valence-electron chi connectivity index (χ0n) is 4.70. The van der Waals surface area contributed by atoms with Gasteiger partial charge in [0.1, 0.15) is 0 Å². The van der Waals surface area contributed by atoms with Crippen LogP contribution in [-0.4, -0.2) is 19.6 Å². The van der Waals surface area contributed by atoms with Crippen molar-refractivity contribution in [3.8, 4) is 0 Å². The smallest absolute Gasteiger partial charge is 0.0223 e. The molecule has 0 amide bonds. The molecule has 0 aromatic rings. The predicted molar refractivity (Wildman–Crippen MR) is 30.7 cm³/mol. The van der Waals surface area contributed by atoms with Crippen LogP contribution in [-0.2, 0) is 0 Å². The van der Waals surface area contributed by atoms with Crippen molar-refractivity contribution >= 4 is 0 Å². The second kappa shape index (κ2) is 5.88. The van der Waals surface area contributed by atoms with Gasteiger partial charge in [-0.25, -0.2) is 0 Å².